The van der Waals surface area contributed by atoms with Crippen LogP contribution in [0.15, 0.2) is 42.5 Å². The Labute approximate surface area is 156 Å². The van der Waals surface area contributed by atoms with Crippen molar-refractivity contribution in [3.63, 3.8) is 0 Å². The van der Waals surface area contributed by atoms with E-state index in [1.54, 1.807) is 0 Å². The number of fused-ring (bicyclic) bond motifs is 1. The van der Waals surface area contributed by atoms with E-state index in [0.29, 0.717) is 13.0 Å². The van der Waals surface area contributed by atoms with Gasteiger partial charge in [-0.2, -0.15) is 0 Å². The summed E-state index contributed by atoms with van der Waals surface area (Å²) in [7, 11) is 0. The molecule has 0 radical (unpaired) electrons. The van der Waals surface area contributed by atoms with E-state index in [9.17, 15) is 4.79 Å². The largest absolute Gasteiger partial charge is 0.352 e. The highest BCUT2D eigenvalue weighted by Gasteiger charge is 2.11. The van der Waals surface area contributed by atoms with Crippen LogP contribution in [0.2, 0.25) is 0 Å². The molecule has 1 aliphatic carbocycles. The zero-order valence-corrected chi connectivity index (χ0v) is 15.6. The third-order valence-electron chi connectivity index (χ3n) is 4.77. The van der Waals surface area contributed by atoms with Crippen LogP contribution in [0.25, 0.3) is 0 Å². The van der Waals surface area contributed by atoms with Crippen LogP contribution in [0.5, 0.6) is 0 Å². The van der Waals surface area contributed by atoms with E-state index in [-0.39, 0.29) is 24.4 Å². The van der Waals surface area contributed by atoms with Gasteiger partial charge in [0.1, 0.15) is 0 Å². The standard InChI is InChI=1S/C21H26N2O.ClH/c1-15(22)18-9-6-16(7-10-18)14-23-21(24)13-17-8-11-19-4-2-3-5-20(19)12-17;/h6-12,15H,2-5,13-14,22H2,1H3,(H,23,24);1H. The highest BCUT2D eigenvalue weighted by Crippen LogP contribution is 2.22. The Kier molecular flexibility index (Phi) is 7.03. The predicted molar refractivity (Wildman–Crippen MR) is 105 cm³/mol. The zero-order chi connectivity index (χ0) is 16.9. The van der Waals surface area contributed by atoms with Crippen molar-refractivity contribution in [2.45, 2.75) is 51.6 Å². The van der Waals surface area contributed by atoms with Gasteiger partial charge in [-0.15, -0.1) is 12.4 Å². The van der Waals surface area contributed by atoms with Crippen LogP contribution in [-0.2, 0) is 30.6 Å². The van der Waals surface area contributed by atoms with Crippen LogP contribution in [0.3, 0.4) is 0 Å². The molecule has 0 aliphatic heterocycles. The lowest BCUT2D eigenvalue weighted by molar-refractivity contribution is -0.120. The van der Waals surface area contributed by atoms with Crippen LogP contribution < -0.4 is 11.1 Å². The maximum Gasteiger partial charge on any atom is 0.224 e. The van der Waals surface area contributed by atoms with E-state index < -0.39 is 0 Å². The van der Waals surface area contributed by atoms with Crippen LogP contribution in [0.4, 0.5) is 0 Å². The van der Waals surface area contributed by atoms with Gasteiger partial charge in [-0.1, -0.05) is 42.5 Å². The van der Waals surface area contributed by atoms with Crippen molar-refractivity contribution >= 4 is 18.3 Å². The normalized spacial score (nSPS) is 14.2. The average molecular weight is 359 g/mol. The van der Waals surface area contributed by atoms with Gasteiger partial charge in [0.2, 0.25) is 5.91 Å². The highest BCUT2D eigenvalue weighted by molar-refractivity contribution is 5.85. The number of nitrogens with two attached hydrogens (primary N) is 1. The summed E-state index contributed by atoms with van der Waals surface area (Å²) in [6.07, 6.45) is 5.33. The second-order valence-corrected chi connectivity index (χ2v) is 6.79. The Morgan fingerprint density at radius 1 is 1.04 bits per heavy atom. The minimum absolute atomic E-state index is 0. The summed E-state index contributed by atoms with van der Waals surface area (Å²) >= 11 is 0. The molecule has 3 nitrogen and oxygen atoms in total. The third kappa shape index (κ3) is 5.32. The molecule has 0 heterocycles. The number of carbonyl (C=O) groups is 1. The first-order valence-electron chi connectivity index (χ1n) is 8.83. The molecular weight excluding hydrogens is 332 g/mol. The number of benzene rings is 2. The van der Waals surface area contributed by atoms with Crippen LogP contribution in [0, 0.1) is 0 Å². The third-order valence-corrected chi connectivity index (χ3v) is 4.77. The topological polar surface area (TPSA) is 55.1 Å². The van der Waals surface area contributed by atoms with Crippen molar-refractivity contribution < 1.29 is 4.79 Å². The molecule has 134 valence electrons. The van der Waals surface area contributed by atoms with Crippen molar-refractivity contribution in [2.75, 3.05) is 0 Å². The summed E-state index contributed by atoms with van der Waals surface area (Å²) in [5, 5.41) is 3.01. The number of hydrogen-bond donors (Lipinski definition) is 2. The molecular formula is C21H27ClN2O. The van der Waals surface area contributed by atoms with Crippen LogP contribution in [-0.4, -0.2) is 5.91 Å². The Bertz CT molecular complexity index is 710. The second-order valence-electron chi connectivity index (χ2n) is 6.79. The summed E-state index contributed by atoms with van der Waals surface area (Å²) in [5.74, 6) is 0.0713. The summed E-state index contributed by atoms with van der Waals surface area (Å²) in [6, 6.07) is 14.6. The number of aryl methyl sites for hydroxylation is 2. The average Bonchev–Trinajstić information content (AvgIpc) is 2.60. The van der Waals surface area contributed by atoms with Gasteiger partial charge in [-0.3, -0.25) is 4.79 Å². The SMILES string of the molecule is CC(N)c1ccc(CNC(=O)Cc2ccc3c(c2)CCCC3)cc1.Cl. The minimum Gasteiger partial charge on any atom is -0.352 e. The zero-order valence-electron chi connectivity index (χ0n) is 14.8. The lowest BCUT2D eigenvalue weighted by atomic mass is 9.90. The fourth-order valence-electron chi connectivity index (χ4n) is 3.28. The smallest absolute Gasteiger partial charge is 0.224 e. The predicted octanol–water partition coefficient (Wildman–Crippen LogP) is 3.87. The number of halogens is 1. The molecule has 2 aromatic rings. The van der Waals surface area contributed by atoms with Crippen molar-refractivity contribution in [3.05, 3.63) is 70.3 Å². The van der Waals surface area contributed by atoms with Crippen molar-refractivity contribution in [2.24, 2.45) is 5.73 Å². The number of rotatable bonds is 5. The Hall–Kier alpha value is -1.84. The number of nitrogens with one attached hydrogen (secondary N) is 1. The summed E-state index contributed by atoms with van der Waals surface area (Å²) in [5.41, 5.74) is 12.1. The minimum atomic E-state index is 0. The highest BCUT2D eigenvalue weighted by atomic mass is 35.5. The van der Waals surface area contributed by atoms with Gasteiger partial charge in [0.05, 0.1) is 6.42 Å². The molecule has 1 unspecified atom stereocenters. The fraction of sp³-hybridized carbons (Fsp3) is 0.381. The molecule has 3 rings (SSSR count). The number of amides is 1. The molecule has 4 heteroatoms. The van der Waals surface area contributed by atoms with Gasteiger partial charge in [0.15, 0.2) is 0 Å². The molecule has 0 fully saturated rings. The first-order chi connectivity index (χ1) is 11.6. The van der Waals surface area contributed by atoms with Gasteiger partial charge in [-0.25, -0.2) is 0 Å². The molecule has 0 aromatic heterocycles. The van der Waals surface area contributed by atoms with Gasteiger partial charge >= 0.3 is 0 Å². The Morgan fingerprint density at radius 3 is 2.36 bits per heavy atom. The lowest BCUT2D eigenvalue weighted by Crippen LogP contribution is -2.24. The molecule has 25 heavy (non-hydrogen) atoms. The summed E-state index contributed by atoms with van der Waals surface area (Å²) in [4.78, 5) is 12.2. The van der Waals surface area contributed by atoms with E-state index in [4.69, 9.17) is 5.73 Å². The van der Waals surface area contributed by atoms with Gasteiger partial charge in [0.25, 0.3) is 0 Å². The van der Waals surface area contributed by atoms with Crippen molar-refractivity contribution in [1.82, 2.24) is 5.32 Å². The molecule has 1 atom stereocenters. The maximum absolute atomic E-state index is 12.2. The summed E-state index contributed by atoms with van der Waals surface area (Å²) in [6.45, 7) is 2.53. The van der Waals surface area contributed by atoms with Gasteiger partial charge in [0, 0.05) is 12.6 Å². The maximum atomic E-state index is 12.2. The molecule has 2 aromatic carbocycles. The first-order valence-corrected chi connectivity index (χ1v) is 8.83. The molecule has 0 saturated carbocycles. The second kappa shape index (κ2) is 9.02. The summed E-state index contributed by atoms with van der Waals surface area (Å²) < 4.78 is 0. The molecule has 0 saturated heterocycles. The molecule has 0 bridgehead atoms. The van der Waals surface area contributed by atoms with E-state index in [0.717, 1.165) is 23.1 Å². The monoisotopic (exact) mass is 358 g/mol. The molecule has 1 amide bonds. The quantitative estimate of drug-likeness (QED) is 0.852. The molecule has 0 spiro atoms. The Morgan fingerprint density at radius 2 is 1.68 bits per heavy atom. The van der Waals surface area contributed by atoms with Gasteiger partial charge < -0.3 is 11.1 Å². The molecule has 3 N–H and O–H groups in total. The van der Waals surface area contributed by atoms with E-state index in [2.05, 4.69) is 23.5 Å². The van der Waals surface area contributed by atoms with Crippen LogP contribution >= 0.6 is 12.4 Å². The molecule has 1 aliphatic rings. The van der Waals surface area contributed by atoms with Crippen molar-refractivity contribution in [1.29, 1.82) is 0 Å². The van der Waals surface area contributed by atoms with E-state index in [1.807, 2.05) is 31.2 Å². The van der Waals surface area contributed by atoms with E-state index >= 15 is 0 Å². The number of hydrogen-bond acceptors (Lipinski definition) is 2. The van der Waals surface area contributed by atoms with E-state index in [1.165, 1.54) is 30.4 Å². The van der Waals surface area contributed by atoms with Gasteiger partial charge in [-0.05, 0) is 60.4 Å². The Balaban J connectivity index is 0.00000225. The lowest BCUT2D eigenvalue weighted by Gasteiger charge is -2.16. The first kappa shape index (κ1) is 19.5. The van der Waals surface area contributed by atoms with Crippen LogP contribution in [0.1, 0.15) is 53.6 Å². The fourth-order valence-corrected chi connectivity index (χ4v) is 3.28. The van der Waals surface area contributed by atoms with Crippen molar-refractivity contribution in [3.8, 4) is 0 Å². The number of carbonyl (C=O) groups excluding carboxylic acids is 1.